The van der Waals surface area contributed by atoms with Crippen LogP contribution in [0.5, 0.6) is 23.0 Å². The number of carbonyl (C=O) groups is 2. The number of ketones is 1. The van der Waals surface area contributed by atoms with E-state index in [1.165, 1.54) is 0 Å². The van der Waals surface area contributed by atoms with Gasteiger partial charge in [0.2, 0.25) is 5.78 Å². The lowest BCUT2D eigenvalue weighted by Crippen LogP contribution is -2.33. The van der Waals surface area contributed by atoms with E-state index in [0.717, 1.165) is 0 Å². The topological polar surface area (TPSA) is 74.3 Å². The Morgan fingerprint density at radius 1 is 1.07 bits per heavy atom. The molecule has 0 aliphatic carbocycles. The molecule has 0 aromatic heterocycles. The third-order valence-electron chi connectivity index (χ3n) is 4.98. The zero-order valence-electron chi connectivity index (χ0n) is 17.8. The summed E-state index contributed by atoms with van der Waals surface area (Å²) in [6, 6.07) is 8.52. The summed E-state index contributed by atoms with van der Waals surface area (Å²) in [4.78, 5) is 26.7. The van der Waals surface area contributed by atoms with Gasteiger partial charge >= 0.3 is 6.09 Å². The maximum absolute atomic E-state index is 12.8. The first-order valence-electron chi connectivity index (χ1n) is 9.70. The van der Waals surface area contributed by atoms with Crippen LogP contribution in [0, 0.1) is 6.92 Å². The average molecular weight is 411 g/mol. The molecule has 0 bridgehead atoms. The molecule has 0 saturated heterocycles. The summed E-state index contributed by atoms with van der Waals surface area (Å²) >= 11 is 0. The Morgan fingerprint density at radius 2 is 1.80 bits per heavy atom. The maximum Gasteiger partial charge on any atom is 0.415 e. The Bertz CT molecular complexity index is 1010. The van der Waals surface area contributed by atoms with Crippen LogP contribution in [0.1, 0.15) is 35.3 Å². The highest BCUT2D eigenvalue weighted by Crippen LogP contribution is 2.40. The van der Waals surface area contributed by atoms with Crippen LogP contribution in [0.4, 0.5) is 4.79 Å². The summed E-state index contributed by atoms with van der Waals surface area (Å²) in [5.74, 6) is 1.88. The van der Waals surface area contributed by atoms with Gasteiger partial charge in [-0.2, -0.15) is 0 Å². The number of hydrogen-bond acceptors (Lipinski definition) is 6. The van der Waals surface area contributed by atoms with Crippen molar-refractivity contribution in [2.75, 3.05) is 27.3 Å². The molecule has 0 saturated carbocycles. The van der Waals surface area contributed by atoms with Crippen molar-refractivity contribution in [3.63, 3.8) is 0 Å². The van der Waals surface area contributed by atoms with Gasteiger partial charge in [-0.05, 0) is 51.1 Å². The van der Waals surface area contributed by atoms with Crippen LogP contribution in [0.3, 0.4) is 0 Å². The van der Waals surface area contributed by atoms with Crippen molar-refractivity contribution in [3.05, 3.63) is 52.8 Å². The van der Waals surface area contributed by atoms with E-state index in [-0.39, 0.29) is 11.5 Å². The summed E-state index contributed by atoms with van der Waals surface area (Å²) in [5.41, 5.74) is 1.70. The molecule has 2 aromatic rings. The number of Topliss-reactive ketones (excluding diaryl/α,β-unsaturated/α-hetero) is 1. The molecule has 0 fully saturated rings. The number of nitrogens with zero attached hydrogens (tertiary/aromatic N) is 1. The number of carbonyl (C=O) groups excluding carboxylic acids is 2. The zero-order valence-corrected chi connectivity index (χ0v) is 17.8. The van der Waals surface area contributed by atoms with Crippen LogP contribution in [0.15, 0.2) is 36.1 Å². The van der Waals surface area contributed by atoms with Gasteiger partial charge in [-0.3, -0.25) is 4.79 Å². The number of benzene rings is 2. The Labute approximate surface area is 175 Å². The molecule has 0 N–H and O–H groups in total. The number of ether oxygens (including phenoxy) is 4. The van der Waals surface area contributed by atoms with Crippen molar-refractivity contribution >= 4 is 18.0 Å². The number of allylic oxidation sites excluding steroid dienone is 1. The van der Waals surface area contributed by atoms with Crippen LogP contribution in [-0.4, -0.2) is 44.1 Å². The van der Waals surface area contributed by atoms with E-state index in [9.17, 15) is 9.59 Å². The molecule has 7 nitrogen and oxygen atoms in total. The van der Waals surface area contributed by atoms with E-state index >= 15 is 0 Å². The van der Waals surface area contributed by atoms with Gasteiger partial charge in [0, 0.05) is 30.3 Å². The minimum absolute atomic E-state index is 0.170. The van der Waals surface area contributed by atoms with E-state index in [1.54, 1.807) is 62.5 Å². The van der Waals surface area contributed by atoms with Gasteiger partial charge < -0.3 is 23.8 Å². The summed E-state index contributed by atoms with van der Waals surface area (Å²) in [6.07, 6.45) is 1.19. The highest BCUT2D eigenvalue weighted by atomic mass is 16.6. The lowest BCUT2D eigenvalue weighted by atomic mass is 10.1. The van der Waals surface area contributed by atoms with Gasteiger partial charge in [0.1, 0.15) is 23.0 Å². The van der Waals surface area contributed by atoms with Gasteiger partial charge in [-0.1, -0.05) is 0 Å². The fraction of sp³-hybridized carbons (Fsp3) is 0.304. The number of amides is 1. The van der Waals surface area contributed by atoms with Crippen LogP contribution in [0.2, 0.25) is 0 Å². The van der Waals surface area contributed by atoms with Crippen molar-refractivity contribution in [1.29, 1.82) is 0 Å². The van der Waals surface area contributed by atoms with E-state index in [1.807, 2.05) is 13.8 Å². The summed E-state index contributed by atoms with van der Waals surface area (Å²) < 4.78 is 22.0. The lowest BCUT2D eigenvalue weighted by Gasteiger charge is -2.19. The molecule has 158 valence electrons. The van der Waals surface area contributed by atoms with E-state index < -0.39 is 6.09 Å². The molecule has 1 aliphatic rings. The van der Waals surface area contributed by atoms with Crippen molar-refractivity contribution in [1.82, 2.24) is 4.90 Å². The van der Waals surface area contributed by atoms with Gasteiger partial charge in [0.15, 0.2) is 5.76 Å². The van der Waals surface area contributed by atoms with Crippen molar-refractivity contribution in [2.24, 2.45) is 0 Å². The molecule has 7 heteroatoms. The molecule has 3 rings (SSSR count). The molecule has 30 heavy (non-hydrogen) atoms. The van der Waals surface area contributed by atoms with Gasteiger partial charge in [0.25, 0.3) is 0 Å². The van der Waals surface area contributed by atoms with E-state index in [2.05, 4.69) is 0 Å². The van der Waals surface area contributed by atoms with Crippen molar-refractivity contribution in [3.8, 4) is 23.0 Å². The standard InChI is InChI=1S/C23H25NO6/c1-6-24(7-2)23(26)30-18-11-10-17-21(25)20(29-22(17)14(18)3)12-15-8-9-16(27-4)13-19(15)28-5/h8-13H,6-7H2,1-5H3/b20-12-. The molecule has 0 unspecified atom stereocenters. The summed E-state index contributed by atoms with van der Waals surface area (Å²) in [5, 5.41) is 0. The van der Waals surface area contributed by atoms with Crippen LogP contribution < -0.4 is 18.9 Å². The van der Waals surface area contributed by atoms with Crippen molar-refractivity contribution in [2.45, 2.75) is 20.8 Å². The fourth-order valence-electron chi connectivity index (χ4n) is 3.20. The third-order valence-corrected chi connectivity index (χ3v) is 4.98. The Kier molecular flexibility index (Phi) is 6.30. The van der Waals surface area contributed by atoms with E-state index in [0.29, 0.717) is 52.8 Å². The molecule has 1 aliphatic heterocycles. The Morgan fingerprint density at radius 3 is 2.43 bits per heavy atom. The minimum atomic E-state index is -0.439. The van der Waals surface area contributed by atoms with Gasteiger partial charge in [-0.25, -0.2) is 4.79 Å². The quantitative estimate of drug-likeness (QED) is 0.653. The van der Waals surface area contributed by atoms with Crippen LogP contribution in [-0.2, 0) is 0 Å². The lowest BCUT2D eigenvalue weighted by molar-refractivity contribution is 0.101. The summed E-state index contributed by atoms with van der Waals surface area (Å²) in [6.45, 7) is 6.61. The molecule has 2 aromatic carbocycles. The number of hydrogen-bond donors (Lipinski definition) is 0. The second kappa shape index (κ2) is 8.90. The summed E-state index contributed by atoms with van der Waals surface area (Å²) in [7, 11) is 3.12. The third kappa shape index (κ3) is 3.96. The Hall–Kier alpha value is -3.48. The van der Waals surface area contributed by atoms with E-state index in [4.69, 9.17) is 18.9 Å². The van der Waals surface area contributed by atoms with Gasteiger partial charge in [-0.15, -0.1) is 0 Å². The fourth-order valence-corrected chi connectivity index (χ4v) is 3.20. The van der Waals surface area contributed by atoms with Crippen LogP contribution in [0.25, 0.3) is 6.08 Å². The first-order chi connectivity index (χ1) is 14.4. The predicted octanol–water partition coefficient (Wildman–Crippen LogP) is 4.47. The molecular weight excluding hydrogens is 386 g/mol. The van der Waals surface area contributed by atoms with Gasteiger partial charge in [0.05, 0.1) is 19.8 Å². The van der Waals surface area contributed by atoms with Crippen LogP contribution >= 0.6 is 0 Å². The molecule has 0 radical (unpaired) electrons. The average Bonchev–Trinajstić information content (AvgIpc) is 3.07. The first kappa shape index (κ1) is 21.2. The second-order valence-electron chi connectivity index (χ2n) is 6.65. The number of rotatable bonds is 6. The number of fused-ring (bicyclic) bond motifs is 1. The second-order valence-corrected chi connectivity index (χ2v) is 6.65. The molecule has 1 heterocycles. The predicted molar refractivity (Wildman–Crippen MR) is 113 cm³/mol. The Balaban J connectivity index is 1.91. The monoisotopic (exact) mass is 411 g/mol. The molecule has 1 amide bonds. The number of methoxy groups -OCH3 is 2. The normalized spacial score (nSPS) is 13.6. The molecule has 0 spiro atoms. The largest absolute Gasteiger partial charge is 0.497 e. The zero-order chi connectivity index (χ0) is 21.8. The highest BCUT2D eigenvalue weighted by molar-refractivity contribution is 6.15. The minimum Gasteiger partial charge on any atom is -0.497 e. The SMILES string of the molecule is CCN(CC)C(=O)Oc1ccc2c(c1C)O/C(=C\c1ccc(OC)cc1OC)C2=O. The first-order valence-corrected chi connectivity index (χ1v) is 9.70. The molecule has 0 atom stereocenters. The maximum atomic E-state index is 12.8. The highest BCUT2D eigenvalue weighted by Gasteiger charge is 2.31. The molecular formula is C23H25NO6. The smallest absolute Gasteiger partial charge is 0.415 e. The van der Waals surface area contributed by atoms with Crippen molar-refractivity contribution < 1.29 is 28.5 Å².